The largest absolute Gasteiger partial charge is 0.477 e. The lowest BCUT2D eigenvalue weighted by Crippen LogP contribution is -2.24. The van der Waals surface area contributed by atoms with E-state index in [0.29, 0.717) is 84.8 Å². The van der Waals surface area contributed by atoms with Gasteiger partial charge in [0, 0.05) is 56.3 Å². The lowest BCUT2D eigenvalue weighted by molar-refractivity contribution is 0.0692. The van der Waals surface area contributed by atoms with Crippen molar-refractivity contribution >= 4 is 220 Å². The van der Waals surface area contributed by atoms with E-state index in [2.05, 4.69) is 86.5 Å². The van der Waals surface area contributed by atoms with E-state index in [1.54, 1.807) is 126 Å². The second-order valence-electron chi connectivity index (χ2n) is 36.1. The van der Waals surface area contributed by atoms with Crippen LogP contribution in [0.4, 0.5) is 28.4 Å². The zero-order valence-electron chi connectivity index (χ0n) is 80.9. The van der Waals surface area contributed by atoms with Gasteiger partial charge in [-0.25, -0.2) is 24.0 Å². The molecule has 5 unspecified atom stereocenters. The molecule has 1 saturated carbocycles. The fraction of sp³-hybridized carbons (Fsp3) is 0.398. The average Bonchev–Trinajstić information content (AvgIpc) is 1.65. The number of carboxylic acid groups (broad SMARTS) is 5. The maximum atomic E-state index is 13.6. The molecule has 9 N–H and O–H groups in total. The molecule has 0 saturated heterocycles. The van der Waals surface area contributed by atoms with Crippen molar-refractivity contribution in [1.82, 2.24) is 0 Å². The van der Waals surface area contributed by atoms with Gasteiger partial charge < -0.3 is 68.5 Å². The van der Waals surface area contributed by atoms with Crippen molar-refractivity contribution in [1.29, 1.82) is 0 Å². The second kappa shape index (κ2) is 50.3. The Morgan fingerprint density at radius 1 is 0.401 bits per heavy atom. The zero-order chi connectivity index (χ0) is 103. The summed E-state index contributed by atoms with van der Waals surface area (Å²) >= 11 is 29.3. The molecule has 1 aliphatic carbocycles. The van der Waals surface area contributed by atoms with Crippen LogP contribution in [0.15, 0.2) is 115 Å². The third-order valence-corrected chi connectivity index (χ3v) is 36.5. The molecule has 9 aromatic rings. The van der Waals surface area contributed by atoms with Gasteiger partial charge in [0.1, 0.15) is 24.4 Å². The number of halogens is 4. The van der Waals surface area contributed by atoms with E-state index in [-0.39, 0.29) is 104 Å². The highest BCUT2D eigenvalue weighted by Crippen LogP contribution is 2.59. The van der Waals surface area contributed by atoms with E-state index in [0.717, 1.165) is 87.9 Å². The van der Waals surface area contributed by atoms with E-state index >= 15 is 0 Å². The van der Waals surface area contributed by atoms with Crippen LogP contribution in [0.1, 0.15) is 248 Å². The molecule has 0 radical (unpaired) electrons. The van der Waals surface area contributed by atoms with Crippen LogP contribution >= 0.6 is 141 Å². The highest BCUT2D eigenvalue weighted by molar-refractivity contribution is 7.69. The quantitative estimate of drug-likeness (QED) is 0.0155. The molecule has 1 aliphatic rings. The van der Waals surface area contributed by atoms with Crippen LogP contribution in [0.2, 0.25) is 20.1 Å². The molecule has 0 aliphatic heterocycles. The van der Waals surface area contributed by atoms with Crippen molar-refractivity contribution in [3.63, 3.8) is 0 Å². The molecule has 1 fully saturated rings. The summed E-state index contributed by atoms with van der Waals surface area (Å²) in [5.41, 5.74) is 1.87. The molecule has 0 bridgehead atoms. The number of nitrogens with one attached hydrogen (secondary N) is 4. The van der Waals surface area contributed by atoms with Crippen LogP contribution in [-0.2, 0) is 45.4 Å². The van der Waals surface area contributed by atoms with Gasteiger partial charge in [-0.05, 0) is 286 Å². The number of nitrogens with zero attached hydrogens (tertiary/aromatic N) is 1. The van der Waals surface area contributed by atoms with Crippen LogP contribution < -0.4 is 46.2 Å². The van der Waals surface area contributed by atoms with Gasteiger partial charge in [0.2, 0.25) is 0 Å². The van der Waals surface area contributed by atoms with Gasteiger partial charge in [-0.1, -0.05) is 130 Å². The van der Waals surface area contributed by atoms with Crippen molar-refractivity contribution in [3.8, 4) is 59.2 Å². The van der Waals surface area contributed by atoms with Gasteiger partial charge in [-0.3, -0.25) is 27.5 Å². The topological polar surface area (TPSA) is 369 Å². The Kier molecular flexibility index (Phi) is 43.1. The van der Waals surface area contributed by atoms with Crippen molar-refractivity contribution in [2.45, 2.75) is 184 Å². The SMILES string of the molecule is CCOP(=O)(Nc1cc(C#CC(C)(C)C)sc1C(=O)O)C1CCC(C)CC1.CCOP(=O)(Nc1cc(C#CC(C)(C)C)sc1C(=O)O)c1ccc(Cl)cc1.CCOP(=O)(Nc1cc(C#CC(C)(C)C)sc1C(=O)O)c1ccc(Cl)cc1C.CCOP(=O)(Nc1cc(C#CC(C)(C)C)sc1C(=O)O)c1ccc(Cl)cc1Cl.COP(=O)(c1ccc(C)cc1)N(C)c1cc(C#CC(C)(C)C)sc1C(=O)O. The van der Waals surface area contributed by atoms with Crippen LogP contribution in [0.5, 0.6) is 0 Å². The Bertz CT molecular complexity index is 6280. The lowest BCUT2D eigenvalue weighted by atomic mass is 9.91. The summed E-state index contributed by atoms with van der Waals surface area (Å²) in [6, 6.07) is 31.1. The Morgan fingerprint density at radius 2 is 0.708 bits per heavy atom. The molecule has 738 valence electrons. The molecular formula is C98H118Cl4N5O20P5S5. The van der Waals surface area contributed by atoms with Crippen LogP contribution in [0.25, 0.3) is 0 Å². The number of rotatable bonds is 29. The highest BCUT2D eigenvalue weighted by Gasteiger charge is 2.40. The summed E-state index contributed by atoms with van der Waals surface area (Å²) in [5.74, 6) is 25.5. The third kappa shape index (κ3) is 36.0. The van der Waals surface area contributed by atoms with Crippen molar-refractivity contribution in [3.05, 3.63) is 195 Å². The van der Waals surface area contributed by atoms with Crippen LogP contribution in [0, 0.1) is 106 Å². The average molecular weight is 2140 g/mol. The lowest BCUT2D eigenvalue weighted by Gasteiger charge is -2.32. The first-order valence-electron chi connectivity index (χ1n) is 43.0. The number of hydrogen-bond donors (Lipinski definition) is 9. The number of thiophene rings is 5. The third-order valence-electron chi connectivity index (χ3n) is 18.4. The number of carbonyl (C=O) groups is 5. The number of aromatic carboxylic acids is 5. The molecule has 137 heavy (non-hydrogen) atoms. The maximum absolute atomic E-state index is 13.6. The summed E-state index contributed by atoms with van der Waals surface area (Å²) in [4.78, 5) is 61.6. The second-order valence-corrected chi connectivity index (χ2v) is 54.3. The van der Waals surface area contributed by atoms with E-state index in [1.165, 1.54) is 23.9 Å². The minimum absolute atomic E-state index is 0.0109. The van der Waals surface area contributed by atoms with E-state index in [9.17, 15) is 72.3 Å². The predicted molar refractivity (Wildman–Crippen MR) is 568 cm³/mol. The number of benzene rings is 4. The number of carboxylic acids is 5. The predicted octanol–water partition coefficient (Wildman–Crippen LogP) is 28.2. The first-order valence-corrected chi connectivity index (χ1v) is 56.8. The molecular weight excluding hydrogens is 2020 g/mol. The monoisotopic (exact) mass is 2140 g/mol. The normalized spacial score (nSPS) is 15.2. The van der Waals surface area contributed by atoms with Crippen LogP contribution in [0.3, 0.4) is 0 Å². The van der Waals surface area contributed by atoms with Gasteiger partial charge >= 0.3 is 59.9 Å². The fourth-order valence-corrected chi connectivity index (χ4v) is 27.3. The maximum Gasteiger partial charge on any atom is 0.348 e. The molecule has 39 heteroatoms. The van der Waals surface area contributed by atoms with E-state index in [4.69, 9.17) is 69.0 Å². The Balaban J connectivity index is 0.000000263. The van der Waals surface area contributed by atoms with Crippen LogP contribution in [-0.4, -0.2) is 102 Å². The standard InChI is InChI=1S/C20H23ClNO4PS.C20H24NO4PS.C20H30NO4PS.C19H20Cl2NO4PS.C19H21ClNO4PS/c1-6-26-27(25,17-8-7-14(21)11-13(17)2)22-16-12-15(9-10-20(3,4)5)28-18(16)19(23)24;1-14-7-9-15(10-8-14)26(24,25-6)21(5)17-13-16(11-12-20(2,3)4)27-18(17)19(22)23;1-6-25-26(24,15-9-7-14(2)8-10-15)21-17-13-16(11-12-20(3,4)5)27-18(17)19(22)23;1-5-26-27(25,16-7-6-12(20)10-14(16)21)22-15-11-13(8-9-19(2,3)4)28-17(15)18(23)24;1-5-25-26(24,14-8-6-13(20)7-9-14)21-16-12-15(10-11-19(2,3)4)27-17(16)18(22)23/h7-8,11-12H,6H2,1-5H3,(H,22,25)(H,23,24);7-10,13H,1-6H3,(H,22,23);13-15H,6-10H2,1-5H3,(H,21,24)(H,22,23);6-7,10-11H,5H2,1-4H3,(H,22,25)(H,23,24);6-9,12H,5H2,1-4H3,(H,21,24)(H,22,23). The first-order chi connectivity index (χ1) is 63.4. The smallest absolute Gasteiger partial charge is 0.348 e. The minimum atomic E-state index is -3.70. The molecule has 0 spiro atoms. The fourth-order valence-electron chi connectivity index (χ4n) is 12.1. The van der Waals surface area contributed by atoms with Gasteiger partial charge in [-0.15, -0.1) is 56.7 Å². The number of anilines is 5. The van der Waals surface area contributed by atoms with Gasteiger partial charge in [-0.2, -0.15) is 0 Å². The van der Waals surface area contributed by atoms with E-state index < -0.39 is 67.4 Å². The summed E-state index contributed by atoms with van der Waals surface area (Å²) in [5, 5.41) is 62.4. The Labute approximate surface area is 844 Å². The first kappa shape index (κ1) is 117. The molecule has 4 aromatic carbocycles. The summed E-state index contributed by atoms with van der Waals surface area (Å²) in [6.07, 6.45) is 3.69. The molecule has 5 atom stereocenters. The zero-order valence-corrected chi connectivity index (χ0v) is 92.5. The van der Waals surface area contributed by atoms with Crippen molar-refractivity contribution in [2.24, 2.45) is 33.0 Å². The summed E-state index contributed by atoms with van der Waals surface area (Å²) in [6.45, 7) is 43.3. The molecule has 0 amide bonds. The van der Waals surface area contributed by atoms with Crippen molar-refractivity contribution in [2.75, 3.05) is 65.6 Å². The van der Waals surface area contributed by atoms with Gasteiger partial charge in [0.15, 0.2) is 0 Å². The Morgan fingerprint density at radius 3 is 1.04 bits per heavy atom. The van der Waals surface area contributed by atoms with Gasteiger partial charge in [0.05, 0.1) is 111 Å². The van der Waals surface area contributed by atoms with Crippen molar-refractivity contribution < 1.29 is 94.9 Å². The summed E-state index contributed by atoms with van der Waals surface area (Å²) < 4.78 is 96.8. The highest BCUT2D eigenvalue weighted by atomic mass is 35.5. The van der Waals surface area contributed by atoms with E-state index in [1.807, 2.05) is 130 Å². The molecule has 5 heterocycles. The van der Waals surface area contributed by atoms with Gasteiger partial charge in [0.25, 0.3) is 7.52 Å². The molecule has 10 rings (SSSR count). The molecule has 25 nitrogen and oxygen atoms in total. The summed E-state index contributed by atoms with van der Waals surface area (Å²) in [7, 11) is -14.5. The molecule has 5 aromatic heterocycles. The number of hydrogen-bond acceptors (Lipinski definition) is 20. The minimum Gasteiger partial charge on any atom is -0.477 e. The number of aryl methyl sites for hydroxylation is 2. The Hall–Kier alpha value is -8.36.